The highest BCUT2D eigenvalue weighted by Crippen LogP contribution is 2.19. The van der Waals surface area contributed by atoms with E-state index in [1.165, 1.54) is 28.6 Å². The maximum atomic E-state index is 12.0. The van der Waals surface area contributed by atoms with E-state index < -0.39 is 11.0 Å². The molecule has 1 aromatic rings. The van der Waals surface area contributed by atoms with Crippen molar-refractivity contribution in [1.82, 2.24) is 9.47 Å². The maximum Gasteiger partial charge on any atom is 0.323 e. The van der Waals surface area contributed by atoms with Crippen LogP contribution in [-0.4, -0.2) is 44.6 Å². The quantitative estimate of drug-likeness (QED) is 0.587. The highest BCUT2D eigenvalue weighted by Gasteiger charge is 2.30. The van der Waals surface area contributed by atoms with Crippen molar-refractivity contribution < 1.29 is 14.8 Å². The fraction of sp³-hybridized carbons (Fsp3) is 0.500. The molecule has 1 atom stereocenters. The van der Waals surface area contributed by atoms with E-state index in [1.54, 1.807) is 0 Å². The molecule has 0 aliphatic carbocycles. The van der Waals surface area contributed by atoms with Gasteiger partial charge in [0.15, 0.2) is 5.69 Å². The largest absolute Gasteiger partial charge is 0.391 e. The number of amides is 1. The van der Waals surface area contributed by atoms with Crippen LogP contribution in [0.2, 0.25) is 0 Å². The predicted octanol–water partition coefficient (Wildman–Crippen LogP) is 0.140. The summed E-state index contributed by atoms with van der Waals surface area (Å²) >= 11 is 0. The first-order valence-corrected chi connectivity index (χ1v) is 5.28. The number of aromatic nitrogens is 1. The van der Waals surface area contributed by atoms with Gasteiger partial charge in [-0.05, 0) is 17.4 Å². The Balaban J connectivity index is 2.23. The van der Waals surface area contributed by atoms with Gasteiger partial charge in [-0.15, -0.1) is 0 Å². The average Bonchev–Trinajstić information content (AvgIpc) is 2.83. The lowest BCUT2D eigenvalue weighted by molar-refractivity contribution is -0.391. The standard InChI is InChI=1S/C10H13N3O4/c1-11-8(2-3-9(11)13(16)17)10(15)12-5-4-7(14)6-12/h2-3,7,14H,4-6H2,1H3. The van der Waals surface area contributed by atoms with E-state index in [4.69, 9.17) is 0 Å². The van der Waals surface area contributed by atoms with E-state index in [2.05, 4.69) is 0 Å². The first kappa shape index (κ1) is 11.6. The number of nitro groups is 1. The van der Waals surface area contributed by atoms with Gasteiger partial charge in [-0.2, -0.15) is 0 Å². The number of hydrogen-bond acceptors (Lipinski definition) is 4. The minimum Gasteiger partial charge on any atom is -0.391 e. The molecule has 0 spiro atoms. The number of carbonyl (C=O) groups excluding carboxylic acids is 1. The number of aliphatic hydroxyl groups excluding tert-OH is 1. The van der Waals surface area contributed by atoms with Gasteiger partial charge in [-0.1, -0.05) is 0 Å². The molecule has 7 nitrogen and oxygen atoms in total. The zero-order valence-electron chi connectivity index (χ0n) is 9.37. The Bertz CT molecular complexity index is 468. The normalized spacial score (nSPS) is 19.6. The molecule has 2 rings (SSSR count). The van der Waals surface area contributed by atoms with Crippen LogP contribution >= 0.6 is 0 Å². The molecule has 2 heterocycles. The lowest BCUT2D eigenvalue weighted by Gasteiger charge is -2.13. The molecule has 1 aliphatic rings. The van der Waals surface area contributed by atoms with Crippen molar-refractivity contribution in [3.8, 4) is 0 Å². The fourth-order valence-corrected chi connectivity index (χ4v) is 1.99. The van der Waals surface area contributed by atoms with Crippen LogP contribution < -0.4 is 0 Å². The molecular weight excluding hydrogens is 226 g/mol. The molecule has 17 heavy (non-hydrogen) atoms. The molecule has 1 aromatic heterocycles. The molecule has 7 heteroatoms. The Kier molecular flexibility index (Phi) is 2.84. The maximum absolute atomic E-state index is 12.0. The van der Waals surface area contributed by atoms with Gasteiger partial charge < -0.3 is 20.1 Å². The predicted molar refractivity (Wildman–Crippen MR) is 58.6 cm³/mol. The fourth-order valence-electron chi connectivity index (χ4n) is 1.99. The molecule has 1 saturated heterocycles. The Morgan fingerprint density at radius 2 is 2.29 bits per heavy atom. The number of aliphatic hydroxyl groups is 1. The third kappa shape index (κ3) is 2.01. The second-order valence-electron chi connectivity index (χ2n) is 4.09. The second-order valence-corrected chi connectivity index (χ2v) is 4.09. The molecule has 0 aromatic carbocycles. The van der Waals surface area contributed by atoms with Crippen LogP contribution in [0.5, 0.6) is 0 Å². The van der Waals surface area contributed by atoms with Crippen molar-refractivity contribution in [2.45, 2.75) is 12.5 Å². The van der Waals surface area contributed by atoms with Crippen LogP contribution in [-0.2, 0) is 7.05 Å². The molecule has 1 fully saturated rings. The minimum atomic E-state index is -0.532. The summed E-state index contributed by atoms with van der Waals surface area (Å²) in [6, 6.07) is 2.74. The smallest absolute Gasteiger partial charge is 0.323 e. The van der Waals surface area contributed by atoms with E-state index in [1.807, 2.05) is 0 Å². The Labute approximate surface area is 97.4 Å². The number of carbonyl (C=O) groups is 1. The van der Waals surface area contributed by atoms with Crippen molar-refractivity contribution >= 4 is 11.7 Å². The second kappa shape index (κ2) is 4.17. The van der Waals surface area contributed by atoms with E-state index in [9.17, 15) is 20.0 Å². The Morgan fingerprint density at radius 1 is 1.59 bits per heavy atom. The van der Waals surface area contributed by atoms with Crippen LogP contribution in [0.4, 0.5) is 5.82 Å². The monoisotopic (exact) mass is 239 g/mol. The zero-order valence-corrected chi connectivity index (χ0v) is 9.37. The van der Waals surface area contributed by atoms with Crippen molar-refractivity contribution in [3.05, 3.63) is 27.9 Å². The summed E-state index contributed by atoms with van der Waals surface area (Å²) in [7, 11) is 1.48. The molecule has 1 amide bonds. The van der Waals surface area contributed by atoms with E-state index in [0.717, 1.165) is 0 Å². The topological polar surface area (TPSA) is 88.6 Å². The first-order chi connectivity index (χ1) is 8.00. The van der Waals surface area contributed by atoms with Crippen LogP contribution in [0.3, 0.4) is 0 Å². The van der Waals surface area contributed by atoms with Gasteiger partial charge in [0.05, 0.1) is 13.2 Å². The van der Waals surface area contributed by atoms with Crippen LogP contribution in [0, 0.1) is 10.1 Å². The highest BCUT2D eigenvalue weighted by atomic mass is 16.6. The van der Waals surface area contributed by atoms with Gasteiger partial charge in [0, 0.05) is 19.2 Å². The van der Waals surface area contributed by atoms with Crippen molar-refractivity contribution in [2.75, 3.05) is 13.1 Å². The van der Waals surface area contributed by atoms with Crippen LogP contribution in [0.1, 0.15) is 16.9 Å². The highest BCUT2D eigenvalue weighted by molar-refractivity contribution is 5.93. The Hall–Kier alpha value is -1.89. The van der Waals surface area contributed by atoms with E-state index in [-0.39, 0.29) is 24.0 Å². The molecule has 0 bridgehead atoms. The van der Waals surface area contributed by atoms with Gasteiger partial charge in [-0.25, -0.2) is 4.57 Å². The first-order valence-electron chi connectivity index (χ1n) is 5.28. The molecule has 0 saturated carbocycles. The van der Waals surface area contributed by atoms with Gasteiger partial charge in [0.1, 0.15) is 0 Å². The number of rotatable bonds is 2. The summed E-state index contributed by atoms with van der Waals surface area (Å²) in [5.41, 5.74) is 0.269. The summed E-state index contributed by atoms with van der Waals surface area (Å²) < 4.78 is 1.26. The van der Waals surface area contributed by atoms with Crippen LogP contribution in [0.15, 0.2) is 12.1 Å². The number of hydrogen-bond donors (Lipinski definition) is 1. The third-order valence-electron chi connectivity index (χ3n) is 2.95. The zero-order chi connectivity index (χ0) is 12.6. The summed E-state index contributed by atoms with van der Waals surface area (Å²) in [5, 5.41) is 20.0. The number of nitrogens with zero attached hydrogens (tertiary/aromatic N) is 3. The van der Waals surface area contributed by atoms with Gasteiger partial charge in [-0.3, -0.25) is 4.79 Å². The molecule has 1 aliphatic heterocycles. The van der Waals surface area contributed by atoms with E-state index >= 15 is 0 Å². The van der Waals surface area contributed by atoms with Crippen LogP contribution in [0.25, 0.3) is 0 Å². The van der Waals surface area contributed by atoms with Crippen molar-refractivity contribution in [1.29, 1.82) is 0 Å². The number of β-amino-alcohol motifs (C(OH)–C–C–N with tert-alkyl or cyclic N) is 1. The summed E-state index contributed by atoms with van der Waals surface area (Å²) in [6.45, 7) is 0.775. The molecular formula is C10H13N3O4. The third-order valence-corrected chi connectivity index (χ3v) is 2.95. The lowest BCUT2D eigenvalue weighted by atomic mass is 10.3. The summed E-state index contributed by atoms with van der Waals surface area (Å²) in [5.74, 6) is -0.398. The van der Waals surface area contributed by atoms with Gasteiger partial charge in [0.2, 0.25) is 0 Å². The molecule has 0 radical (unpaired) electrons. The average molecular weight is 239 g/mol. The summed E-state index contributed by atoms with van der Waals surface area (Å²) in [4.78, 5) is 23.6. The number of likely N-dealkylation sites (tertiary alicyclic amines) is 1. The minimum absolute atomic E-state index is 0.118. The van der Waals surface area contributed by atoms with Gasteiger partial charge in [0.25, 0.3) is 5.91 Å². The molecule has 92 valence electrons. The van der Waals surface area contributed by atoms with Gasteiger partial charge >= 0.3 is 5.82 Å². The van der Waals surface area contributed by atoms with Crippen molar-refractivity contribution in [2.24, 2.45) is 7.05 Å². The SMILES string of the molecule is Cn1c(C(=O)N2CCC(O)C2)ccc1[N+](=O)[O-]. The molecule has 1 N–H and O–H groups in total. The Morgan fingerprint density at radius 3 is 2.76 bits per heavy atom. The van der Waals surface area contributed by atoms with Crippen molar-refractivity contribution in [3.63, 3.8) is 0 Å². The molecule has 1 unspecified atom stereocenters. The summed E-state index contributed by atoms with van der Waals surface area (Å²) in [6.07, 6.45) is 0.0623. The lowest BCUT2D eigenvalue weighted by Crippen LogP contribution is -2.30. The van der Waals surface area contributed by atoms with E-state index in [0.29, 0.717) is 13.0 Å².